The highest BCUT2D eigenvalue weighted by Crippen LogP contribution is 2.18. The number of hydrogen-bond acceptors (Lipinski definition) is 4. The molecular formula is C14H14N2O5S. The minimum atomic E-state index is -3.84. The summed E-state index contributed by atoms with van der Waals surface area (Å²) < 4.78 is 26.4. The standard InChI is InChI=1S/C14H14N2O5S/c17-13(15-9-14(18)19)8-16-22(20,21)12-6-5-10-3-1-2-4-11(10)7-12/h1-7,16H,8-9H2,(H,15,17)(H,18,19). The van der Waals surface area contributed by atoms with Gasteiger partial charge in [0, 0.05) is 0 Å². The van der Waals surface area contributed by atoms with Gasteiger partial charge < -0.3 is 10.4 Å². The Hall–Kier alpha value is -2.45. The molecule has 0 aliphatic carbocycles. The lowest BCUT2D eigenvalue weighted by molar-refractivity contribution is -0.137. The summed E-state index contributed by atoms with van der Waals surface area (Å²) in [5, 5.41) is 12.2. The quantitative estimate of drug-likeness (QED) is 0.709. The van der Waals surface area contributed by atoms with Gasteiger partial charge in [0.15, 0.2) is 0 Å². The molecule has 0 spiro atoms. The number of rotatable bonds is 6. The Morgan fingerprint density at radius 3 is 2.36 bits per heavy atom. The van der Waals surface area contributed by atoms with Crippen LogP contribution in [0, 0.1) is 0 Å². The van der Waals surface area contributed by atoms with E-state index < -0.39 is 35.0 Å². The molecule has 8 heteroatoms. The van der Waals surface area contributed by atoms with Crippen molar-refractivity contribution in [2.75, 3.05) is 13.1 Å². The van der Waals surface area contributed by atoms with E-state index in [1.165, 1.54) is 12.1 Å². The van der Waals surface area contributed by atoms with E-state index in [1.54, 1.807) is 18.2 Å². The maximum absolute atomic E-state index is 12.1. The molecule has 0 aliphatic rings. The number of carboxylic acid groups (broad SMARTS) is 1. The van der Waals surface area contributed by atoms with Gasteiger partial charge >= 0.3 is 5.97 Å². The Morgan fingerprint density at radius 1 is 1.00 bits per heavy atom. The maximum Gasteiger partial charge on any atom is 0.322 e. The number of carbonyl (C=O) groups excluding carboxylic acids is 1. The normalized spacial score (nSPS) is 11.3. The lowest BCUT2D eigenvalue weighted by atomic mass is 10.1. The van der Waals surface area contributed by atoms with Crippen LogP contribution in [0.5, 0.6) is 0 Å². The fraction of sp³-hybridized carbons (Fsp3) is 0.143. The summed E-state index contributed by atoms with van der Waals surface area (Å²) in [5.41, 5.74) is 0. The number of nitrogens with one attached hydrogen (secondary N) is 2. The average molecular weight is 322 g/mol. The largest absolute Gasteiger partial charge is 0.480 e. The number of aliphatic carboxylic acids is 1. The summed E-state index contributed by atoms with van der Waals surface area (Å²) in [6.07, 6.45) is 0. The molecule has 2 aromatic carbocycles. The van der Waals surface area contributed by atoms with Crippen molar-refractivity contribution in [1.29, 1.82) is 0 Å². The van der Waals surface area contributed by atoms with Gasteiger partial charge in [-0.1, -0.05) is 30.3 Å². The van der Waals surface area contributed by atoms with Crippen LogP contribution in [0.25, 0.3) is 10.8 Å². The van der Waals surface area contributed by atoms with Crippen LogP contribution in [0.1, 0.15) is 0 Å². The van der Waals surface area contributed by atoms with Crippen LogP contribution in [0.3, 0.4) is 0 Å². The topological polar surface area (TPSA) is 113 Å². The Morgan fingerprint density at radius 2 is 1.68 bits per heavy atom. The monoisotopic (exact) mass is 322 g/mol. The Labute approximate surface area is 127 Å². The van der Waals surface area contributed by atoms with E-state index in [4.69, 9.17) is 5.11 Å². The van der Waals surface area contributed by atoms with E-state index in [9.17, 15) is 18.0 Å². The molecule has 0 saturated carbocycles. The first kappa shape index (κ1) is 15.9. The highest BCUT2D eigenvalue weighted by atomic mass is 32.2. The molecule has 0 heterocycles. The summed E-state index contributed by atoms with van der Waals surface area (Å²) in [7, 11) is -3.84. The zero-order chi connectivity index (χ0) is 16.2. The third-order valence-corrected chi connectivity index (χ3v) is 4.29. The molecule has 0 unspecified atom stereocenters. The lowest BCUT2D eigenvalue weighted by Crippen LogP contribution is -2.38. The highest BCUT2D eigenvalue weighted by Gasteiger charge is 2.16. The molecule has 7 nitrogen and oxygen atoms in total. The Bertz CT molecular complexity index is 817. The summed E-state index contributed by atoms with van der Waals surface area (Å²) in [6.45, 7) is -1.08. The predicted molar refractivity (Wildman–Crippen MR) is 79.8 cm³/mol. The molecule has 2 rings (SSSR count). The van der Waals surface area contributed by atoms with Crippen molar-refractivity contribution in [3.63, 3.8) is 0 Å². The number of carbonyl (C=O) groups is 2. The van der Waals surface area contributed by atoms with Gasteiger partial charge in [0.25, 0.3) is 0 Å². The molecule has 0 radical (unpaired) electrons. The van der Waals surface area contributed by atoms with Crippen molar-refractivity contribution in [1.82, 2.24) is 10.0 Å². The van der Waals surface area contributed by atoms with Gasteiger partial charge in [-0.15, -0.1) is 0 Å². The molecule has 0 bridgehead atoms. The minimum Gasteiger partial charge on any atom is -0.480 e. The number of fused-ring (bicyclic) bond motifs is 1. The minimum absolute atomic E-state index is 0.0391. The van der Waals surface area contributed by atoms with Crippen molar-refractivity contribution in [2.24, 2.45) is 0 Å². The number of benzene rings is 2. The molecule has 1 amide bonds. The summed E-state index contributed by atoms with van der Waals surface area (Å²) in [6, 6.07) is 11.9. The van der Waals surface area contributed by atoms with Gasteiger partial charge in [0.05, 0.1) is 11.4 Å². The van der Waals surface area contributed by atoms with Crippen LogP contribution >= 0.6 is 0 Å². The number of carboxylic acids is 1. The van der Waals surface area contributed by atoms with Crippen LogP contribution in [0.4, 0.5) is 0 Å². The smallest absolute Gasteiger partial charge is 0.322 e. The first-order valence-electron chi connectivity index (χ1n) is 6.35. The predicted octanol–water partition coefficient (Wildman–Crippen LogP) is 0.319. The van der Waals surface area contributed by atoms with Crippen molar-refractivity contribution >= 4 is 32.7 Å². The molecule has 0 saturated heterocycles. The number of amides is 1. The zero-order valence-corrected chi connectivity index (χ0v) is 12.3. The number of hydrogen-bond donors (Lipinski definition) is 3. The van der Waals surface area contributed by atoms with E-state index >= 15 is 0 Å². The molecule has 2 aromatic rings. The molecule has 3 N–H and O–H groups in total. The Kier molecular flexibility index (Phi) is 4.74. The third-order valence-electron chi connectivity index (χ3n) is 2.89. The number of sulfonamides is 1. The van der Waals surface area contributed by atoms with Crippen molar-refractivity contribution in [2.45, 2.75) is 4.90 Å². The second kappa shape index (κ2) is 6.54. The highest BCUT2D eigenvalue weighted by molar-refractivity contribution is 7.89. The van der Waals surface area contributed by atoms with E-state index in [0.29, 0.717) is 0 Å². The molecule has 0 aromatic heterocycles. The molecule has 0 fully saturated rings. The maximum atomic E-state index is 12.1. The summed E-state index contributed by atoms with van der Waals surface area (Å²) in [5.74, 6) is -1.92. The SMILES string of the molecule is O=C(O)CNC(=O)CNS(=O)(=O)c1ccc2ccccc2c1. The average Bonchev–Trinajstić information content (AvgIpc) is 2.50. The van der Waals surface area contributed by atoms with Crippen LogP contribution < -0.4 is 10.0 Å². The van der Waals surface area contributed by atoms with Gasteiger partial charge in [-0.25, -0.2) is 13.1 Å². The summed E-state index contributed by atoms with van der Waals surface area (Å²) >= 11 is 0. The van der Waals surface area contributed by atoms with Crippen LogP contribution in [-0.4, -0.2) is 38.5 Å². The van der Waals surface area contributed by atoms with E-state index in [2.05, 4.69) is 10.0 Å². The second-order valence-electron chi connectivity index (χ2n) is 4.50. The Balaban J connectivity index is 2.08. The second-order valence-corrected chi connectivity index (χ2v) is 6.27. The summed E-state index contributed by atoms with van der Waals surface area (Å²) in [4.78, 5) is 21.7. The van der Waals surface area contributed by atoms with Crippen molar-refractivity contribution < 1.29 is 23.1 Å². The first-order valence-corrected chi connectivity index (χ1v) is 7.84. The van der Waals surface area contributed by atoms with Crippen molar-refractivity contribution in [3.8, 4) is 0 Å². The van der Waals surface area contributed by atoms with Gasteiger partial charge in [0.1, 0.15) is 6.54 Å². The van der Waals surface area contributed by atoms with E-state index in [1.807, 2.05) is 12.1 Å². The van der Waals surface area contributed by atoms with E-state index in [0.717, 1.165) is 10.8 Å². The third kappa shape index (κ3) is 4.03. The van der Waals surface area contributed by atoms with Crippen LogP contribution in [-0.2, 0) is 19.6 Å². The molecule has 22 heavy (non-hydrogen) atoms. The lowest BCUT2D eigenvalue weighted by Gasteiger charge is -2.08. The molecule has 116 valence electrons. The van der Waals surface area contributed by atoms with Crippen LogP contribution in [0.2, 0.25) is 0 Å². The molecule has 0 atom stereocenters. The van der Waals surface area contributed by atoms with E-state index in [-0.39, 0.29) is 4.90 Å². The van der Waals surface area contributed by atoms with Gasteiger partial charge in [-0.3, -0.25) is 9.59 Å². The van der Waals surface area contributed by atoms with Gasteiger partial charge in [-0.2, -0.15) is 0 Å². The molecular weight excluding hydrogens is 308 g/mol. The first-order chi connectivity index (χ1) is 10.4. The van der Waals surface area contributed by atoms with Crippen LogP contribution in [0.15, 0.2) is 47.4 Å². The molecule has 0 aliphatic heterocycles. The zero-order valence-electron chi connectivity index (χ0n) is 11.4. The fourth-order valence-corrected chi connectivity index (χ4v) is 2.83. The van der Waals surface area contributed by atoms with Gasteiger partial charge in [-0.05, 0) is 22.9 Å². The van der Waals surface area contributed by atoms with Crippen molar-refractivity contribution in [3.05, 3.63) is 42.5 Å². The van der Waals surface area contributed by atoms with Gasteiger partial charge in [0.2, 0.25) is 15.9 Å². The fourth-order valence-electron chi connectivity index (χ4n) is 1.82.